The average molecular weight is 281 g/mol. The fourth-order valence-electron chi connectivity index (χ4n) is 2.04. The first-order valence-corrected chi connectivity index (χ1v) is 6.54. The molecule has 1 heterocycles. The molecule has 0 bridgehead atoms. The second kappa shape index (κ2) is 6.15. The minimum absolute atomic E-state index is 0.375. The van der Waals surface area contributed by atoms with E-state index in [1.54, 1.807) is 7.11 Å². The number of methoxy groups -OCH3 is 1. The van der Waals surface area contributed by atoms with E-state index in [0.717, 1.165) is 16.7 Å². The highest BCUT2D eigenvalue weighted by atomic mass is 16.5. The van der Waals surface area contributed by atoms with Crippen molar-refractivity contribution >= 4 is 22.7 Å². The number of ether oxygens (including phenoxy) is 1. The third-order valence-electron chi connectivity index (χ3n) is 2.98. The van der Waals surface area contributed by atoms with Crippen LogP contribution < -0.4 is 5.43 Å². The van der Waals surface area contributed by atoms with E-state index in [9.17, 15) is 0 Å². The van der Waals surface area contributed by atoms with Gasteiger partial charge in [-0.25, -0.2) is 4.98 Å². The Bertz CT molecular complexity index is 751. The lowest BCUT2D eigenvalue weighted by Gasteiger charge is -2.03. The summed E-state index contributed by atoms with van der Waals surface area (Å²) in [5, 5.41) is 8.13. The topological polar surface area (TPSA) is 63.8 Å². The molecule has 0 spiro atoms. The van der Waals surface area contributed by atoms with Crippen LogP contribution in [0.5, 0.6) is 0 Å². The molecule has 0 atom stereocenters. The van der Waals surface area contributed by atoms with Gasteiger partial charge in [-0.15, -0.1) is 0 Å². The fourth-order valence-corrected chi connectivity index (χ4v) is 2.04. The maximum Gasteiger partial charge on any atom is 0.254 e. The number of benzene rings is 2. The monoisotopic (exact) mass is 281 g/mol. The second-order valence-electron chi connectivity index (χ2n) is 4.42. The minimum atomic E-state index is 0.375. The Labute approximate surface area is 122 Å². The number of imidazole rings is 1. The first-order chi connectivity index (χ1) is 10.4. The molecule has 0 fully saturated rings. The Morgan fingerprint density at radius 2 is 1.86 bits per heavy atom. The number of fused-ring (bicyclic) bond motifs is 1. The molecule has 0 saturated carbocycles. The molecule has 0 aliphatic rings. The van der Waals surface area contributed by atoms with Crippen molar-refractivity contribution in [2.75, 3.05) is 12.5 Å². The number of anilines is 1. The molecule has 0 aliphatic heterocycles. The molecule has 1 aromatic heterocycles. The molecule has 106 valence electrons. The van der Waals surface area contributed by atoms with Gasteiger partial charge >= 0.3 is 0 Å². The average Bonchev–Trinajstić information content (AvgIpc) is 2.87. The number of aromatic nitrogens is 2. The Balaban J connectivity index is 1.87. The van der Waals surface area contributed by atoms with Gasteiger partial charge in [-0.3, -0.25) is 9.99 Å². The number of nitrogens with one attached hydrogen (secondary N) is 1. The number of hydrogen-bond donors (Lipinski definition) is 1. The van der Waals surface area contributed by atoms with Crippen molar-refractivity contribution in [1.29, 1.82) is 0 Å². The van der Waals surface area contributed by atoms with Gasteiger partial charge < -0.3 is 4.74 Å². The summed E-state index contributed by atoms with van der Waals surface area (Å²) in [6, 6.07) is 17.4. The Morgan fingerprint density at radius 3 is 2.67 bits per heavy atom. The number of hydrogen-bond acceptors (Lipinski definition) is 4. The molecule has 0 amide bonds. The van der Waals surface area contributed by atoms with E-state index in [1.165, 1.54) is 0 Å². The van der Waals surface area contributed by atoms with Gasteiger partial charge in [0, 0.05) is 7.11 Å². The van der Waals surface area contributed by atoms with Crippen molar-refractivity contribution < 1.29 is 4.74 Å². The predicted molar refractivity (Wildman–Crippen MR) is 81.3 cm³/mol. The SMILES string of the molecule is COCn1c(N=NNc2ccccc2)nc2ccccc21. The summed E-state index contributed by atoms with van der Waals surface area (Å²) in [6.07, 6.45) is 0. The van der Waals surface area contributed by atoms with Crippen molar-refractivity contribution in [1.82, 2.24) is 9.55 Å². The smallest absolute Gasteiger partial charge is 0.254 e. The maximum atomic E-state index is 5.20. The lowest BCUT2D eigenvalue weighted by Crippen LogP contribution is -1.99. The van der Waals surface area contributed by atoms with E-state index in [0.29, 0.717) is 12.7 Å². The zero-order chi connectivity index (χ0) is 14.5. The highest BCUT2D eigenvalue weighted by molar-refractivity contribution is 5.77. The molecule has 6 heteroatoms. The molecule has 3 rings (SSSR count). The Hall–Kier alpha value is -2.73. The normalized spacial score (nSPS) is 11.3. The van der Waals surface area contributed by atoms with Crippen LogP contribution in [0.1, 0.15) is 0 Å². The first-order valence-electron chi connectivity index (χ1n) is 6.54. The molecule has 0 aliphatic carbocycles. The quantitative estimate of drug-likeness (QED) is 0.572. The third kappa shape index (κ3) is 2.90. The summed E-state index contributed by atoms with van der Waals surface area (Å²) in [7, 11) is 1.64. The highest BCUT2D eigenvalue weighted by Crippen LogP contribution is 2.22. The van der Waals surface area contributed by atoms with Crippen LogP contribution in [0, 0.1) is 0 Å². The van der Waals surface area contributed by atoms with Crippen molar-refractivity contribution in [3.05, 3.63) is 54.6 Å². The van der Waals surface area contributed by atoms with E-state index < -0.39 is 0 Å². The van der Waals surface area contributed by atoms with Crippen molar-refractivity contribution in [3.63, 3.8) is 0 Å². The van der Waals surface area contributed by atoms with E-state index in [-0.39, 0.29) is 0 Å². The molecule has 21 heavy (non-hydrogen) atoms. The molecular formula is C15H15N5O. The predicted octanol–water partition coefficient (Wildman–Crippen LogP) is 3.75. The van der Waals surface area contributed by atoms with Crippen molar-refractivity contribution in [2.45, 2.75) is 6.73 Å². The van der Waals surface area contributed by atoms with Gasteiger partial charge in [0.05, 0.1) is 16.7 Å². The third-order valence-corrected chi connectivity index (χ3v) is 2.98. The number of nitrogens with zero attached hydrogens (tertiary/aromatic N) is 4. The van der Waals surface area contributed by atoms with E-state index in [4.69, 9.17) is 4.74 Å². The van der Waals surface area contributed by atoms with Crippen LogP contribution in [0.3, 0.4) is 0 Å². The summed E-state index contributed by atoms with van der Waals surface area (Å²) >= 11 is 0. The van der Waals surface area contributed by atoms with E-state index >= 15 is 0 Å². The lowest BCUT2D eigenvalue weighted by molar-refractivity contribution is 0.135. The van der Waals surface area contributed by atoms with Gasteiger partial charge in [-0.05, 0) is 24.3 Å². The second-order valence-corrected chi connectivity index (χ2v) is 4.42. The van der Waals surface area contributed by atoms with Crippen LogP contribution >= 0.6 is 0 Å². The van der Waals surface area contributed by atoms with Crippen LogP contribution in [0.15, 0.2) is 64.9 Å². The lowest BCUT2D eigenvalue weighted by atomic mass is 10.3. The van der Waals surface area contributed by atoms with Gasteiger partial charge in [0.1, 0.15) is 6.73 Å². The fraction of sp³-hybridized carbons (Fsp3) is 0.133. The van der Waals surface area contributed by atoms with Gasteiger partial charge in [-0.2, -0.15) is 0 Å². The number of rotatable bonds is 5. The molecule has 0 radical (unpaired) electrons. The minimum Gasteiger partial charge on any atom is -0.364 e. The standard InChI is InChI=1S/C15H15N5O/c1-21-11-20-14-10-6-5-9-13(14)16-15(20)18-19-17-12-7-3-2-4-8-12/h2-10H,11H2,1H3,(H,16,17,18). The van der Waals surface area contributed by atoms with Gasteiger partial charge in [0.15, 0.2) is 0 Å². The maximum absolute atomic E-state index is 5.20. The molecule has 6 nitrogen and oxygen atoms in total. The molecule has 0 saturated heterocycles. The molecule has 1 N–H and O–H groups in total. The molecular weight excluding hydrogens is 266 g/mol. The zero-order valence-electron chi connectivity index (χ0n) is 11.6. The highest BCUT2D eigenvalue weighted by Gasteiger charge is 2.09. The Morgan fingerprint density at radius 1 is 1.10 bits per heavy atom. The molecule has 2 aromatic carbocycles. The summed E-state index contributed by atoms with van der Waals surface area (Å²) < 4.78 is 7.07. The van der Waals surface area contributed by atoms with Gasteiger partial charge in [-0.1, -0.05) is 40.7 Å². The summed E-state index contributed by atoms with van der Waals surface area (Å²) in [4.78, 5) is 4.45. The van der Waals surface area contributed by atoms with Crippen molar-refractivity contribution in [2.24, 2.45) is 10.3 Å². The molecule has 3 aromatic rings. The van der Waals surface area contributed by atoms with Crippen LogP contribution in [-0.2, 0) is 11.5 Å². The van der Waals surface area contributed by atoms with Crippen LogP contribution in [0.2, 0.25) is 0 Å². The van der Waals surface area contributed by atoms with E-state index in [1.807, 2.05) is 59.2 Å². The van der Waals surface area contributed by atoms with Crippen molar-refractivity contribution in [3.8, 4) is 0 Å². The van der Waals surface area contributed by atoms with Crippen LogP contribution in [-0.4, -0.2) is 16.7 Å². The largest absolute Gasteiger partial charge is 0.364 e. The van der Waals surface area contributed by atoms with E-state index in [2.05, 4.69) is 20.7 Å². The van der Waals surface area contributed by atoms with Gasteiger partial charge in [0.2, 0.25) is 0 Å². The summed E-state index contributed by atoms with van der Waals surface area (Å²) in [5.74, 6) is 0.501. The number of para-hydroxylation sites is 3. The molecule has 0 unspecified atom stereocenters. The summed E-state index contributed by atoms with van der Waals surface area (Å²) in [5.41, 5.74) is 5.57. The zero-order valence-corrected chi connectivity index (χ0v) is 11.6. The summed E-state index contributed by atoms with van der Waals surface area (Å²) in [6.45, 7) is 0.375. The Kier molecular flexibility index (Phi) is 3.88. The van der Waals surface area contributed by atoms with Crippen LogP contribution in [0.25, 0.3) is 11.0 Å². The van der Waals surface area contributed by atoms with Crippen LogP contribution in [0.4, 0.5) is 11.6 Å². The van der Waals surface area contributed by atoms with Gasteiger partial charge in [0.25, 0.3) is 5.95 Å². The first kappa shape index (κ1) is 13.3.